The van der Waals surface area contributed by atoms with Crippen LogP contribution in [0.1, 0.15) is 12.0 Å². The van der Waals surface area contributed by atoms with Crippen LogP contribution in [-0.2, 0) is 6.54 Å². The van der Waals surface area contributed by atoms with E-state index in [0.29, 0.717) is 13.1 Å². The van der Waals surface area contributed by atoms with Gasteiger partial charge in [-0.3, -0.25) is 4.90 Å². The predicted octanol–water partition coefficient (Wildman–Crippen LogP) is 0.209. The standard InChI is InChI=1S/C12H14BF3N.K/c14-13(15,16)12-6-8-17(9-7-12)10-11-4-2-1-3-5-11;/h1-6H,7-10H2;/q-1;+1. The van der Waals surface area contributed by atoms with Crippen molar-refractivity contribution in [1.29, 1.82) is 0 Å². The van der Waals surface area contributed by atoms with Crippen LogP contribution < -0.4 is 51.4 Å². The van der Waals surface area contributed by atoms with Crippen molar-refractivity contribution in [2.45, 2.75) is 13.0 Å². The van der Waals surface area contributed by atoms with Crippen molar-refractivity contribution in [3.8, 4) is 0 Å². The Bertz CT molecular complexity index is 406. The minimum atomic E-state index is -4.78. The van der Waals surface area contributed by atoms with E-state index in [9.17, 15) is 12.9 Å². The van der Waals surface area contributed by atoms with Crippen molar-refractivity contribution in [3.63, 3.8) is 0 Å². The van der Waals surface area contributed by atoms with E-state index < -0.39 is 6.98 Å². The van der Waals surface area contributed by atoms with Gasteiger partial charge in [0.05, 0.1) is 0 Å². The minimum absolute atomic E-state index is 0. The van der Waals surface area contributed by atoms with Crippen LogP contribution in [0.25, 0.3) is 0 Å². The summed E-state index contributed by atoms with van der Waals surface area (Å²) in [5, 5.41) is 0. The first-order chi connectivity index (χ1) is 8.05. The zero-order chi connectivity index (χ0) is 12.3. The number of hydrogen-bond donors (Lipinski definition) is 0. The molecule has 92 valence electrons. The monoisotopic (exact) mass is 279 g/mol. The van der Waals surface area contributed by atoms with Gasteiger partial charge in [0.15, 0.2) is 0 Å². The summed E-state index contributed by atoms with van der Waals surface area (Å²) >= 11 is 0. The molecule has 0 aliphatic carbocycles. The van der Waals surface area contributed by atoms with Crippen LogP contribution in [-0.4, -0.2) is 25.0 Å². The molecule has 18 heavy (non-hydrogen) atoms. The largest absolute Gasteiger partial charge is 1.00 e. The quantitative estimate of drug-likeness (QED) is 0.715. The third kappa shape index (κ3) is 4.83. The molecule has 1 aliphatic heterocycles. The molecule has 1 aliphatic rings. The molecule has 6 heteroatoms. The van der Waals surface area contributed by atoms with Crippen LogP contribution in [0.2, 0.25) is 0 Å². The summed E-state index contributed by atoms with van der Waals surface area (Å²) in [6.07, 6.45) is 1.45. The van der Waals surface area contributed by atoms with Gasteiger partial charge >= 0.3 is 58.4 Å². The van der Waals surface area contributed by atoms with Gasteiger partial charge in [0, 0.05) is 13.1 Å². The first-order valence-electron chi connectivity index (χ1n) is 5.71. The van der Waals surface area contributed by atoms with E-state index >= 15 is 0 Å². The molecule has 0 saturated carbocycles. The molecule has 1 nitrogen and oxygen atoms in total. The van der Waals surface area contributed by atoms with Crippen LogP contribution in [0.15, 0.2) is 41.9 Å². The van der Waals surface area contributed by atoms with Crippen LogP contribution in [0.3, 0.4) is 0 Å². The third-order valence-corrected chi connectivity index (χ3v) is 3.00. The van der Waals surface area contributed by atoms with Gasteiger partial charge in [-0.1, -0.05) is 30.3 Å². The van der Waals surface area contributed by atoms with Gasteiger partial charge in [0.1, 0.15) is 0 Å². The second kappa shape index (κ2) is 7.26. The van der Waals surface area contributed by atoms with E-state index in [1.807, 2.05) is 35.2 Å². The molecule has 1 aromatic rings. The summed E-state index contributed by atoms with van der Waals surface area (Å²) in [6, 6.07) is 9.81. The molecule has 0 N–H and O–H groups in total. The smallest absolute Gasteiger partial charge is 0.445 e. The van der Waals surface area contributed by atoms with Gasteiger partial charge in [-0.05, 0) is 18.5 Å². The minimum Gasteiger partial charge on any atom is -0.445 e. The van der Waals surface area contributed by atoms with Crippen molar-refractivity contribution in [2.24, 2.45) is 0 Å². The summed E-state index contributed by atoms with van der Waals surface area (Å²) < 4.78 is 37.4. The SMILES string of the molecule is F[B-](F)(F)C1=CCN(Cc2ccccc2)CC1.[K+]. The van der Waals surface area contributed by atoms with E-state index in [4.69, 9.17) is 0 Å². The van der Waals surface area contributed by atoms with E-state index in [0.717, 1.165) is 12.1 Å². The maximum absolute atomic E-state index is 12.5. The van der Waals surface area contributed by atoms with Gasteiger partial charge in [-0.15, -0.1) is 11.5 Å². The number of rotatable bonds is 3. The van der Waals surface area contributed by atoms with Crippen LogP contribution >= 0.6 is 0 Å². The molecule has 0 aromatic heterocycles. The Morgan fingerprint density at radius 3 is 2.28 bits per heavy atom. The van der Waals surface area contributed by atoms with Crippen molar-refractivity contribution in [2.75, 3.05) is 13.1 Å². The maximum Gasteiger partial charge on any atom is 1.00 e. The molecule has 0 radical (unpaired) electrons. The summed E-state index contributed by atoms with van der Waals surface area (Å²) in [5.41, 5.74) is 0.816. The van der Waals surface area contributed by atoms with Crippen molar-refractivity contribution < 1.29 is 64.3 Å². The number of hydrogen-bond acceptors (Lipinski definition) is 1. The summed E-state index contributed by atoms with van der Waals surface area (Å²) in [6.45, 7) is -3.18. The molecule has 0 saturated heterocycles. The summed E-state index contributed by atoms with van der Waals surface area (Å²) in [4.78, 5) is 2.03. The molecule has 0 bridgehead atoms. The van der Waals surface area contributed by atoms with Crippen molar-refractivity contribution in [1.82, 2.24) is 4.90 Å². The van der Waals surface area contributed by atoms with Crippen LogP contribution in [0.4, 0.5) is 12.9 Å². The molecule has 0 atom stereocenters. The van der Waals surface area contributed by atoms with E-state index in [-0.39, 0.29) is 63.3 Å². The van der Waals surface area contributed by atoms with Gasteiger partial charge in [-0.25, -0.2) is 0 Å². The molecule has 0 amide bonds. The average molecular weight is 279 g/mol. The summed E-state index contributed by atoms with van der Waals surface area (Å²) in [5.74, 6) is 0. The molecule has 0 spiro atoms. The number of halogens is 3. The number of benzene rings is 1. The van der Waals surface area contributed by atoms with Crippen LogP contribution in [0, 0.1) is 0 Å². The van der Waals surface area contributed by atoms with E-state index in [1.165, 1.54) is 6.08 Å². The fraction of sp³-hybridized carbons (Fsp3) is 0.333. The van der Waals surface area contributed by atoms with E-state index in [1.54, 1.807) is 0 Å². The topological polar surface area (TPSA) is 3.24 Å². The third-order valence-electron chi connectivity index (χ3n) is 3.00. The molecule has 0 fully saturated rings. The Hall–Kier alpha value is 0.411. The second-order valence-corrected chi connectivity index (χ2v) is 4.32. The fourth-order valence-corrected chi connectivity index (χ4v) is 2.01. The Morgan fingerprint density at radius 1 is 1.11 bits per heavy atom. The van der Waals surface area contributed by atoms with Crippen molar-refractivity contribution >= 4 is 6.98 Å². The molecule has 1 heterocycles. The first-order valence-corrected chi connectivity index (χ1v) is 5.71. The zero-order valence-corrected chi connectivity index (χ0v) is 13.6. The van der Waals surface area contributed by atoms with Gasteiger partial charge in [0.2, 0.25) is 0 Å². The van der Waals surface area contributed by atoms with Gasteiger partial charge in [-0.2, -0.15) is 0 Å². The average Bonchev–Trinajstić information content (AvgIpc) is 2.30. The molecular weight excluding hydrogens is 265 g/mol. The molecular formula is C12H14BF3KN. The number of nitrogens with zero attached hydrogens (tertiary/aromatic N) is 1. The molecule has 2 rings (SSSR count). The Kier molecular flexibility index (Phi) is 6.64. The molecule has 1 aromatic carbocycles. The zero-order valence-electron chi connectivity index (χ0n) is 10.5. The van der Waals surface area contributed by atoms with E-state index in [2.05, 4.69) is 0 Å². The Labute approximate surface area is 148 Å². The Balaban J connectivity index is 0.00000162. The normalized spacial score (nSPS) is 16.9. The molecule has 0 unspecified atom stereocenters. The predicted molar refractivity (Wildman–Crippen MR) is 63.5 cm³/mol. The maximum atomic E-state index is 12.5. The van der Waals surface area contributed by atoms with Gasteiger partial charge < -0.3 is 12.9 Å². The van der Waals surface area contributed by atoms with Gasteiger partial charge in [0.25, 0.3) is 0 Å². The second-order valence-electron chi connectivity index (χ2n) is 4.32. The van der Waals surface area contributed by atoms with Crippen LogP contribution in [0.5, 0.6) is 0 Å². The summed E-state index contributed by atoms with van der Waals surface area (Å²) in [7, 11) is 0. The Morgan fingerprint density at radius 2 is 1.78 bits per heavy atom. The van der Waals surface area contributed by atoms with Crippen molar-refractivity contribution in [3.05, 3.63) is 47.4 Å². The fourth-order valence-electron chi connectivity index (χ4n) is 2.01. The first kappa shape index (κ1) is 16.5.